The zero-order valence-electron chi connectivity index (χ0n) is 20.7. The van der Waals surface area contributed by atoms with E-state index in [1.165, 1.54) is 0 Å². The smallest absolute Gasteiger partial charge is 0.309 e. The summed E-state index contributed by atoms with van der Waals surface area (Å²) in [5.74, 6) is 0. The van der Waals surface area contributed by atoms with Gasteiger partial charge in [0.15, 0.2) is 0 Å². The molecule has 1 N–H and O–H groups in total. The molecular formula is C30H30BNO3. The van der Waals surface area contributed by atoms with Crippen LogP contribution in [0.5, 0.6) is 0 Å². The first-order valence-electron chi connectivity index (χ1n) is 11.9. The van der Waals surface area contributed by atoms with Gasteiger partial charge in [0.1, 0.15) is 11.2 Å². The Balaban J connectivity index is 1.49. The molecule has 0 aliphatic heterocycles. The van der Waals surface area contributed by atoms with Crippen molar-refractivity contribution in [1.29, 1.82) is 0 Å². The van der Waals surface area contributed by atoms with Crippen LogP contribution in [-0.4, -0.2) is 23.8 Å². The van der Waals surface area contributed by atoms with Gasteiger partial charge in [0, 0.05) is 33.9 Å². The quantitative estimate of drug-likeness (QED) is 0.276. The molecule has 0 amide bonds. The first kappa shape index (κ1) is 23.2. The predicted molar refractivity (Wildman–Crippen MR) is 147 cm³/mol. The largest absolute Gasteiger partial charge is 0.456 e. The maximum Gasteiger partial charge on any atom is 0.309 e. The van der Waals surface area contributed by atoms with Crippen molar-refractivity contribution < 1.29 is 14.2 Å². The lowest BCUT2D eigenvalue weighted by Gasteiger charge is -2.37. The molecule has 0 saturated heterocycles. The summed E-state index contributed by atoms with van der Waals surface area (Å²) < 4.78 is 12.2. The second-order valence-corrected chi connectivity index (χ2v) is 9.97. The van der Waals surface area contributed by atoms with Gasteiger partial charge < -0.3 is 19.1 Å². The first-order chi connectivity index (χ1) is 16.7. The molecule has 4 aromatic carbocycles. The molecule has 1 heterocycles. The number of nitrogens with zero attached hydrogens (tertiary/aromatic N) is 1. The van der Waals surface area contributed by atoms with Gasteiger partial charge in [-0.05, 0) is 70.2 Å². The minimum absolute atomic E-state index is 0.424. The van der Waals surface area contributed by atoms with E-state index in [9.17, 15) is 5.11 Å². The molecule has 0 bridgehead atoms. The molecule has 0 atom stereocenters. The molecule has 0 radical (unpaired) electrons. The average molecular weight is 463 g/mol. The highest BCUT2D eigenvalue weighted by Crippen LogP contribution is 2.38. The Morgan fingerprint density at radius 3 is 2.00 bits per heavy atom. The molecule has 0 saturated carbocycles. The van der Waals surface area contributed by atoms with E-state index in [0.29, 0.717) is 7.48 Å². The summed E-state index contributed by atoms with van der Waals surface area (Å²) in [6.07, 6.45) is 0. The van der Waals surface area contributed by atoms with E-state index in [2.05, 4.69) is 65.6 Å². The van der Waals surface area contributed by atoms with Crippen LogP contribution in [-0.2, 0) is 4.65 Å². The van der Waals surface area contributed by atoms with Crippen LogP contribution in [0.15, 0.2) is 101 Å². The summed E-state index contributed by atoms with van der Waals surface area (Å²) in [4.78, 5) is 2.22. The summed E-state index contributed by atoms with van der Waals surface area (Å²) >= 11 is 0. The summed E-state index contributed by atoms with van der Waals surface area (Å²) in [6, 6.07) is 33.2. The van der Waals surface area contributed by atoms with Crippen LogP contribution in [0.4, 0.5) is 17.1 Å². The zero-order valence-corrected chi connectivity index (χ0v) is 20.7. The monoisotopic (exact) mass is 463 g/mol. The number of fused-ring (bicyclic) bond motifs is 3. The fraction of sp³-hybridized carbons (Fsp3) is 0.200. The molecule has 0 fully saturated rings. The molecule has 4 nitrogen and oxygen atoms in total. The standard InChI is InChI=1S/C30H30BNO3/c1-29(2,33)30(3,4)35-31-21-14-16-23(17-15-21)32(22-10-6-5-7-11-22)24-18-19-26-25-12-8-9-13-27(25)34-28(26)20-24/h5-20,31,33H,1-4H3. The molecule has 35 heavy (non-hydrogen) atoms. The Bertz CT molecular complexity index is 1450. The van der Waals surface area contributed by atoms with Crippen molar-refractivity contribution >= 4 is 51.9 Å². The number of benzene rings is 4. The van der Waals surface area contributed by atoms with Crippen LogP contribution in [0.3, 0.4) is 0 Å². The third-order valence-corrected chi connectivity index (χ3v) is 6.90. The van der Waals surface area contributed by atoms with Crippen molar-refractivity contribution in [3.05, 3.63) is 97.1 Å². The molecule has 176 valence electrons. The maximum absolute atomic E-state index is 10.4. The van der Waals surface area contributed by atoms with E-state index in [1.807, 2.05) is 50.2 Å². The molecular weight excluding hydrogens is 433 g/mol. The Hall–Kier alpha value is -3.54. The van der Waals surface area contributed by atoms with E-state index in [1.54, 1.807) is 13.8 Å². The van der Waals surface area contributed by atoms with E-state index in [0.717, 1.165) is 44.5 Å². The molecule has 0 aliphatic rings. The Morgan fingerprint density at radius 1 is 0.686 bits per heavy atom. The number of hydrogen-bond donors (Lipinski definition) is 1. The molecule has 5 aromatic rings. The van der Waals surface area contributed by atoms with E-state index >= 15 is 0 Å². The van der Waals surface area contributed by atoms with Crippen molar-refractivity contribution in [3.8, 4) is 0 Å². The summed E-state index contributed by atoms with van der Waals surface area (Å²) in [6.45, 7) is 7.36. The first-order valence-corrected chi connectivity index (χ1v) is 11.9. The van der Waals surface area contributed by atoms with Gasteiger partial charge in [-0.15, -0.1) is 0 Å². The van der Waals surface area contributed by atoms with Crippen LogP contribution in [0, 0.1) is 0 Å². The fourth-order valence-electron chi connectivity index (χ4n) is 4.06. The highest BCUT2D eigenvalue weighted by molar-refractivity contribution is 6.47. The van der Waals surface area contributed by atoms with Crippen LogP contribution in [0.1, 0.15) is 27.7 Å². The van der Waals surface area contributed by atoms with Gasteiger partial charge in [-0.3, -0.25) is 0 Å². The van der Waals surface area contributed by atoms with Gasteiger partial charge in [0.25, 0.3) is 0 Å². The Morgan fingerprint density at radius 2 is 1.29 bits per heavy atom. The Labute approximate surface area is 207 Å². The van der Waals surface area contributed by atoms with Crippen molar-refractivity contribution in [1.82, 2.24) is 0 Å². The predicted octanol–water partition coefficient (Wildman–Crippen LogP) is 6.60. The lowest BCUT2D eigenvalue weighted by atomic mass is 9.82. The van der Waals surface area contributed by atoms with Gasteiger partial charge in [0.05, 0.1) is 11.2 Å². The lowest BCUT2D eigenvalue weighted by molar-refractivity contribution is -0.0893. The number of anilines is 3. The van der Waals surface area contributed by atoms with Gasteiger partial charge >= 0.3 is 7.48 Å². The molecule has 1 aromatic heterocycles. The third-order valence-electron chi connectivity index (χ3n) is 6.90. The van der Waals surface area contributed by atoms with E-state index < -0.39 is 11.2 Å². The average Bonchev–Trinajstić information content (AvgIpc) is 3.22. The van der Waals surface area contributed by atoms with Crippen LogP contribution in [0.25, 0.3) is 21.9 Å². The zero-order chi connectivity index (χ0) is 24.6. The minimum Gasteiger partial charge on any atom is -0.456 e. The van der Waals surface area contributed by atoms with Gasteiger partial charge in [-0.1, -0.05) is 54.0 Å². The molecule has 5 rings (SSSR count). The van der Waals surface area contributed by atoms with Crippen molar-refractivity contribution in [3.63, 3.8) is 0 Å². The molecule has 0 unspecified atom stereocenters. The summed E-state index contributed by atoms with van der Waals surface area (Å²) in [5, 5.41) is 12.6. The van der Waals surface area contributed by atoms with Crippen LogP contribution in [0.2, 0.25) is 0 Å². The second kappa shape index (κ2) is 8.92. The SMILES string of the molecule is CC(C)(O)C(C)(C)OBc1ccc(N(c2ccccc2)c2ccc3c(c2)oc2ccccc23)cc1. The number of hydrogen-bond acceptors (Lipinski definition) is 4. The second-order valence-electron chi connectivity index (χ2n) is 9.97. The topological polar surface area (TPSA) is 45.8 Å². The van der Waals surface area contributed by atoms with E-state index in [4.69, 9.17) is 9.07 Å². The lowest BCUT2D eigenvalue weighted by Crippen LogP contribution is -2.49. The van der Waals surface area contributed by atoms with E-state index in [-0.39, 0.29) is 0 Å². The van der Waals surface area contributed by atoms with Gasteiger partial charge in [0.2, 0.25) is 0 Å². The highest BCUT2D eigenvalue weighted by Gasteiger charge is 2.35. The molecule has 0 spiro atoms. The third kappa shape index (κ3) is 4.57. The van der Waals surface area contributed by atoms with Gasteiger partial charge in [-0.25, -0.2) is 0 Å². The van der Waals surface area contributed by atoms with Crippen molar-refractivity contribution in [2.24, 2.45) is 0 Å². The van der Waals surface area contributed by atoms with Gasteiger partial charge in [-0.2, -0.15) is 0 Å². The van der Waals surface area contributed by atoms with Crippen molar-refractivity contribution in [2.75, 3.05) is 4.90 Å². The Kier molecular flexibility index (Phi) is 5.91. The molecule has 0 aliphatic carbocycles. The number of aliphatic hydroxyl groups is 1. The summed E-state index contributed by atoms with van der Waals surface area (Å²) in [5.41, 5.74) is 4.33. The van der Waals surface area contributed by atoms with Crippen molar-refractivity contribution in [2.45, 2.75) is 38.9 Å². The number of furan rings is 1. The fourth-order valence-corrected chi connectivity index (χ4v) is 4.06. The number of rotatable bonds is 7. The molecule has 5 heteroatoms. The van der Waals surface area contributed by atoms with Crippen LogP contribution < -0.4 is 10.4 Å². The highest BCUT2D eigenvalue weighted by atomic mass is 16.5. The minimum atomic E-state index is -0.938. The maximum atomic E-state index is 10.4. The number of para-hydroxylation sites is 2. The summed E-state index contributed by atoms with van der Waals surface area (Å²) in [7, 11) is 0.424. The van der Waals surface area contributed by atoms with Crippen LogP contribution >= 0.6 is 0 Å². The normalized spacial score (nSPS) is 12.3.